The van der Waals surface area contributed by atoms with E-state index in [2.05, 4.69) is 22.8 Å². The number of amides is 1. The molecule has 4 unspecified atom stereocenters. The van der Waals surface area contributed by atoms with E-state index in [0.717, 1.165) is 11.1 Å². The molecule has 2 fully saturated rings. The number of thioether (sulfide) groups is 1. The summed E-state index contributed by atoms with van der Waals surface area (Å²) in [7, 11) is 0. The van der Waals surface area contributed by atoms with Crippen LogP contribution in [0.1, 0.15) is 30.9 Å². The van der Waals surface area contributed by atoms with Gasteiger partial charge in [-0.3, -0.25) is 4.79 Å². The largest absolute Gasteiger partial charge is 0.390 e. The number of carbonyl (C=O) groups is 1. The van der Waals surface area contributed by atoms with E-state index in [4.69, 9.17) is 26.3 Å². The van der Waals surface area contributed by atoms with Crippen molar-refractivity contribution in [1.82, 2.24) is 10.6 Å². The molecule has 10 atom stereocenters. The van der Waals surface area contributed by atoms with Gasteiger partial charge in [-0.1, -0.05) is 18.2 Å². The molecule has 2 saturated heterocycles. The van der Waals surface area contributed by atoms with Crippen LogP contribution in [0.15, 0.2) is 30.3 Å². The summed E-state index contributed by atoms with van der Waals surface area (Å²) in [5, 5.41) is 45.8. The van der Waals surface area contributed by atoms with Gasteiger partial charge < -0.3 is 35.4 Å². The molecule has 202 valence electrons. The lowest BCUT2D eigenvalue weighted by Crippen LogP contribution is -2.56. The number of nitrogens with zero attached hydrogens (tertiary/aromatic N) is 1. The zero-order chi connectivity index (χ0) is 26.7. The second kappa shape index (κ2) is 12.5. The number of aliphatic hydroxyl groups is 3. The number of halogens is 1. The number of nitriles is 1. The van der Waals surface area contributed by atoms with E-state index in [-0.39, 0.29) is 24.3 Å². The third kappa shape index (κ3) is 6.32. The van der Waals surface area contributed by atoms with E-state index in [0.29, 0.717) is 25.1 Å². The third-order valence-corrected chi connectivity index (χ3v) is 8.46. The monoisotopic (exact) mass is 551 g/mol. The minimum atomic E-state index is -1.36. The van der Waals surface area contributed by atoms with Crippen LogP contribution in [0.3, 0.4) is 0 Å². The molecule has 3 aliphatic rings. The highest BCUT2D eigenvalue weighted by molar-refractivity contribution is 7.99. The van der Waals surface area contributed by atoms with Gasteiger partial charge in [-0.25, -0.2) is 0 Å². The summed E-state index contributed by atoms with van der Waals surface area (Å²) in [6, 6.07) is 8.30. The minimum absolute atomic E-state index is 0.00856. The molecular weight excluding hydrogens is 518 g/mol. The summed E-state index contributed by atoms with van der Waals surface area (Å²) < 4.78 is 12.2. The number of hydrogen-bond acceptors (Lipinski definition) is 9. The van der Waals surface area contributed by atoms with Gasteiger partial charge in [-0.15, -0.1) is 23.4 Å². The van der Waals surface area contributed by atoms with Crippen LogP contribution in [0, 0.1) is 17.2 Å². The van der Waals surface area contributed by atoms with Crippen molar-refractivity contribution in [2.24, 2.45) is 5.92 Å². The molecule has 0 spiro atoms. The highest BCUT2D eigenvalue weighted by Crippen LogP contribution is 2.32. The van der Waals surface area contributed by atoms with Gasteiger partial charge in [0.2, 0.25) is 5.91 Å². The summed E-state index contributed by atoms with van der Waals surface area (Å²) in [5.41, 5.74) is 1.97. The Labute approximate surface area is 226 Å². The van der Waals surface area contributed by atoms with Crippen molar-refractivity contribution >= 4 is 34.8 Å². The van der Waals surface area contributed by atoms with Crippen molar-refractivity contribution < 1.29 is 29.6 Å². The molecular formula is C26H34ClN3O6S. The maximum absolute atomic E-state index is 13.5. The molecule has 3 heterocycles. The van der Waals surface area contributed by atoms with Crippen molar-refractivity contribution in [3.05, 3.63) is 41.5 Å². The van der Waals surface area contributed by atoms with Gasteiger partial charge in [-0.05, 0) is 42.9 Å². The Morgan fingerprint density at radius 3 is 2.65 bits per heavy atom. The highest BCUT2D eigenvalue weighted by atomic mass is 35.5. The van der Waals surface area contributed by atoms with Gasteiger partial charge in [0.25, 0.3) is 0 Å². The van der Waals surface area contributed by atoms with Crippen LogP contribution in [0.4, 0.5) is 0 Å². The maximum Gasteiger partial charge on any atom is 0.240 e. The highest BCUT2D eigenvalue weighted by Gasteiger charge is 2.45. The number of rotatable bonds is 6. The first-order chi connectivity index (χ1) is 17.7. The molecule has 37 heavy (non-hydrogen) atoms. The molecule has 9 nitrogen and oxygen atoms in total. The lowest BCUT2D eigenvalue weighted by molar-refractivity contribution is -0.128. The molecule has 0 radical (unpaired) electrons. The molecule has 0 bridgehead atoms. The van der Waals surface area contributed by atoms with E-state index in [9.17, 15) is 20.1 Å². The second-order valence-corrected chi connectivity index (χ2v) is 11.4. The first kappa shape index (κ1) is 28.3. The third-order valence-electron chi connectivity index (χ3n) is 7.33. The Morgan fingerprint density at radius 2 is 2.00 bits per heavy atom. The predicted molar refractivity (Wildman–Crippen MR) is 141 cm³/mol. The number of carbonyl (C=O) groups excluding carboxylic acids is 1. The molecule has 0 aliphatic carbocycles. The predicted octanol–water partition coefficient (Wildman–Crippen LogP) is 0.991. The van der Waals surface area contributed by atoms with Crippen LogP contribution in [0.2, 0.25) is 0 Å². The number of nitrogens with one attached hydrogen (secondary N) is 2. The van der Waals surface area contributed by atoms with E-state index >= 15 is 0 Å². The smallest absolute Gasteiger partial charge is 0.240 e. The van der Waals surface area contributed by atoms with Gasteiger partial charge in [0, 0.05) is 18.9 Å². The first-order valence-corrected chi connectivity index (χ1v) is 14.2. The summed E-state index contributed by atoms with van der Waals surface area (Å²) >= 11 is 7.69. The lowest BCUT2D eigenvalue weighted by Gasteiger charge is -2.33. The fourth-order valence-electron chi connectivity index (χ4n) is 5.26. The Hall–Kier alpha value is -1.68. The topological polar surface area (TPSA) is 144 Å². The number of alkyl halides is 1. The van der Waals surface area contributed by atoms with Crippen LogP contribution in [-0.4, -0.2) is 94.1 Å². The van der Waals surface area contributed by atoms with E-state index < -0.39 is 47.3 Å². The molecule has 11 heteroatoms. The molecule has 3 aliphatic heterocycles. The molecule has 5 N–H and O–H groups in total. The van der Waals surface area contributed by atoms with Crippen molar-refractivity contribution in [3.8, 4) is 6.07 Å². The quantitative estimate of drug-likeness (QED) is 0.327. The average molecular weight is 552 g/mol. The molecule has 0 aromatic heterocycles. The van der Waals surface area contributed by atoms with E-state index in [1.165, 1.54) is 11.8 Å². The first-order valence-electron chi connectivity index (χ1n) is 12.5. The van der Waals surface area contributed by atoms with Crippen molar-refractivity contribution in [3.63, 3.8) is 0 Å². The fourth-order valence-corrected chi connectivity index (χ4v) is 6.18. The zero-order valence-corrected chi connectivity index (χ0v) is 22.4. The Balaban J connectivity index is 1.47. The molecule has 1 amide bonds. The van der Waals surface area contributed by atoms with Crippen LogP contribution >= 0.6 is 23.4 Å². The Kier molecular flexibility index (Phi) is 9.53. The molecule has 1 aromatic carbocycles. The van der Waals surface area contributed by atoms with Crippen LogP contribution < -0.4 is 10.6 Å². The molecule has 0 saturated carbocycles. The second-order valence-electron chi connectivity index (χ2n) is 9.79. The van der Waals surface area contributed by atoms with Gasteiger partial charge in [0.05, 0.1) is 48.0 Å². The SMILES string of the molecule is CSC1OC([C@H](NC(=O)[C@H]2NC[C@@H]3C=C(c4ccc(C#N)cc4)CCO[C@@H]23)[C@H](C)Cl)CC(O)C(O)[C@H]1O. The Morgan fingerprint density at radius 1 is 1.27 bits per heavy atom. The van der Waals surface area contributed by atoms with Gasteiger partial charge in [0.1, 0.15) is 23.7 Å². The summed E-state index contributed by atoms with van der Waals surface area (Å²) in [5.74, 6) is -0.303. The average Bonchev–Trinajstić information content (AvgIpc) is 3.12. The summed E-state index contributed by atoms with van der Waals surface area (Å²) in [6.07, 6.45) is -0.356. The van der Waals surface area contributed by atoms with Crippen molar-refractivity contribution in [1.29, 1.82) is 5.26 Å². The molecule has 1 aromatic rings. The van der Waals surface area contributed by atoms with Crippen LogP contribution in [0.25, 0.3) is 5.57 Å². The normalized spacial score (nSPS) is 35.8. The van der Waals surface area contributed by atoms with Gasteiger partial charge >= 0.3 is 0 Å². The fraction of sp³-hybridized carbons (Fsp3) is 0.615. The summed E-state index contributed by atoms with van der Waals surface area (Å²) in [4.78, 5) is 13.5. The number of benzene rings is 1. The standard InChI is InChI=1S/C26H34ClN3O6S/c1-13(27)20(19-10-18(31)22(32)23(33)26(36-19)37-2)30-25(34)21-24-17(12-29-21)9-16(7-8-35-24)15-5-3-14(11-28)4-6-15/h3-6,9,13,17-24,26,29,31-33H,7-8,10,12H2,1-2H3,(H,30,34)/t13-,17-,18?,19?,20+,21-,22?,23+,24+,26?/m0/s1. The van der Waals surface area contributed by atoms with Crippen molar-refractivity contribution in [2.45, 2.75) is 73.2 Å². The lowest BCUT2D eigenvalue weighted by atomic mass is 9.94. The van der Waals surface area contributed by atoms with Gasteiger partial charge in [0.15, 0.2) is 0 Å². The number of fused-ring (bicyclic) bond motifs is 1. The zero-order valence-electron chi connectivity index (χ0n) is 20.8. The number of hydrogen-bond donors (Lipinski definition) is 5. The van der Waals surface area contributed by atoms with Crippen LogP contribution in [0.5, 0.6) is 0 Å². The minimum Gasteiger partial charge on any atom is -0.390 e. The van der Waals surface area contributed by atoms with E-state index in [1.807, 2.05) is 12.1 Å². The number of aliphatic hydroxyl groups excluding tert-OH is 3. The summed E-state index contributed by atoms with van der Waals surface area (Å²) in [6.45, 7) is 2.75. The van der Waals surface area contributed by atoms with E-state index in [1.54, 1.807) is 25.3 Å². The van der Waals surface area contributed by atoms with Crippen LogP contribution in [-0.2, 0) is 14.3 Å². The van der Waals surface area contributed by atoms with Crippen molar-refractivity contribution in [2.75, 3.05) is 19.4 Å². The molecule has 4 rings (SSSR count). The van der Waals surface area contributed by atoms with Gasteiger partial charge in [-0.2, -0.15) is 5.26 Å². The number of ether oxygens (including phenoxy) is 2. The Bertz CT molecular complexity index is 1020. The maximum atomic E-state index is 13.5.